The van der Waals surface area contributed by atoms with Gasteiger partial charge in [0, 0.05) is 24.8 Å². The molecule has 0 saturated heterocycles. The number of pyridine rings is 1. The van der Waals surface area contributed by atoms with Crippen LogP contribution in [0.4, 0.5) is 13.2 Å². The highest BCUT2D eigenvalue weighted by Crippen LogP contribution is 2.20. The van der Waals surface area contributed by atoms with Crippen LogP contribution in [-0.2, 0) is 4.79 Å². The smallest absolute Gasteiger partial charge is 0.475 e. The van der Waals surface area contributed by atoms with Crippen LogP contribution in [0.5, 0.6) is 0 Å². The number of aromatic amines is 1. The molecule has 0 aliphatic rings. The van der Waals surface area contributed by atoms with E-state index in [1.165, 1.54) is 10.9 Å². The zero-order valence-electron chi connectivity index (χ0n) is 17.7. The molecule has 35 heavy (non-hydrogen) atoms. The molecule has 0 spiro atoms. The number of aliphatic carboxylic acids is 1. The first-order valence-electron chi connectivity index (χ1n) is 9.83. The van der Waals surface area contributed by atoms with Gasteiger partial charge in [-0.15, -0.1) is 0 Å². The lowest BCUT2D eigenvalue weighted by Gasteiger charge is -2.18. The summed E-state index contributed by atoms with van der Waals surface area (Å²) in [5.41, 5.74) is 0.880. The molecular formula is C22H17F3N6O4. The number of rotatable bonds is 5. The van der Waals surface area contributed by atoms with Gasteiger partial charge < -0.3 is 10.4 Å². The molecular weight excluding hydrogens is 469 g/mol. The lowest BCUT2D eigenvalue weighted by atomic mass is 10.0. The number of nitrogens with zero attached hydrogens (tertiary/aromatic N) is 4. The summed E-state index contributed by atoms with van der Waals surface area (Å²) in [5, 5.41) is 14.0. The van der Waals surface area contributed by atoms with Crippen LogP contribution in [0.2, 0.25) is 0 Å². The molecule has 3 aromatic heterocycles. The molecule has 180 valence electrons. The van der Waals surface area contributed by atoms with Crippen LogP contribution >= 0.6 is 0 Å². The number of nitrogens with one attached hydrogen (secondary N) is 2. The zero-order valence-corrected chi connectivity index (χ0v) is 17.7. The van der Waals surface area contributed by atoms with Crippen molar-refractivity contribution in [2.75, 3.05) is 0 Å². The van der Waals surface area contributed by atoms with Crippen LogP contribution < -0.4 is 10.9 Å². The van der Waals surface area contributed by atoms with E-state index in [0.717, 1.165) is 5.56 Å². The number of benzene rings is 1. The van der Waals surface area contributed by atoms with Crippen molar-refractivity contribution < 1.29 is 27.9 Å². The van der Waals surface area contributed by atoms with Gasteiger partial charge in [-0.25, -0.2) is 14.5 Å². The molecule has 0 saturated carbocycles. The third-order valence-electron chi connectivity index (χ3n) is 4.39. The highest BCUT2D eigenvalue weighted by atomic mass is 19.4. The minimum Gasteiger partial charge on any atom is -0.475 e. The molecule has 0 fully saturated rings. The Morgan fingerprint density at radius 1 is 1.00 bits per heavy atom. The fourth-order valence-electron chi connectivity index (χ4n) is 2.79. The number of amides is 1. The van der Waals surface area contributed by atoms with Gasteiger partial charge in [-0.1, -0.05) is 36.4 Å². The largest absolute Gasteiger partial charge is 0.490 e. The van der Waals surface area contributed by atoms with Gasteiger partial charge in [0.1, 0.15) is 5.56 Å². The fraction of sp³-hybridized carbons (Fsp3) is 0.0909. The molecule has 4 rings (SSSR count). The molecule has 3 heterocycles. The maximum Gasteiger partial charge on any atom is 0.490 e. The lowest BCUT2D eigenvalue weighted by molar-refractivity contribution is -0.192. The van der Waals surface area contributed by atoms with Crippen LogP contribution in [0, 0.1) is 0 Å². The number of carbonyl (C=O) groups is 2. The van der Waals surface area contributed by atoms with Gasteiger partial charge in [0.25, 0.3) is 11.5 Å². The molecule has 0 bridgehead atoms. The molecule has 0 radical (unpaired) electrons. The van der Waals surface area contributed by atoms with Gasteiger partial charge in [0.15, 0.2) is 0 Å². The molecule has 1 amide bonds. The van der Waals surface area contributed by atoms with E-state index in [1.54, 1.807) is 30.7 Å². The monoisotopic (exact) mass is 486 g/mol. The minimum atomic E-state index is -5.08. The fourth-order valence-corrected chi connectivity index (χ4v) is 2.79. The molecule has 4 aromatic rings. The molecule has 10 nitrogen and oxygen atoms in total. The first kappa shape index (κ1) is 24.8. The van der Waals surface area contributed by atoms with Crippen molar-refractivity contribution in [2.45, 2.75) is 12.2 Å². The Balaban J connectivity index is 0.000000429. The zero-order chi connectivity index (χ0) is 25.4. The minimum absolute atomic E-state index is 0.0900. The second-order valence-corrected chi connectivity index (χ2v) is 6.77. The summed E-state index contributed by atoms with van der Waals surface area (Å²) in [6.45, 7) is 0. The first-order chi connectivity index (χ1) is 16.7. The summed E-state index contributed by atoms with van der Waals surface area (Å²) in [6, 6.07) is 16.1. The van der Waals surface area contributed by atoms with Gasteiger partial charge in [0.2, 0.25) is 5.95 Å². The Kier molecular flexibility index (Phi) is 7.71. The van der Waals surface area contributed by atoms with E-state index >= 15 is 0 Å². The number of aromatic nitrogens is 5. The molecule has 3 N–H and O–H groups in total. The Labute approximate surface area is 195 Å². The van der Waals surface area contributed by atoms with Crippen molar-refractivity contribution >= 4 is 11.9 Å². The molecule has 0 aliphatic carbocycles. The Morgan fingerprint density at radius 3 is 2.23 bits per heavy atom. The number of carbonyl (C=O) groups excluding carboxylic acids is 1. The predicted octanol–water partition coefficient (Wildman–Crippen LogP) is 2.50. The van der Waals surface area contributed by atoms with Gasteiger partial charge >= 0.3 is 12.1 Å². The average Bonchev–Trinajstić information content (AvgIpc) is 3.38. The third kappa shape index (κ3) is 6.60. The number of carboxylic acid groups (broad SMARTS) is 1. The van der Waals surface area contributed by atoms with Crippen LogP contribution in [0.1, 0.15) is 27.7 Å². The van der Waals surface area contributed by atoms with Crippen LogP contribution in [0.3, 0.4) is 0 Å². The highest BCUT2D eigenvalue weighted by molar-refractivity contribution is 5.94. The van der Waals surface area contributed by atoms with E-state index in [1.807, 2.05) is 42.5 Å². The number of carboxylic acids is 1. The summed E-state index contributed by atoms with van der Waals surface area (Å²) in [6.07, 6.45) is 1.03. The summed E-state index contributed by atoms with van der Waals surface area (Å²) in [4.78, 5) is 45.2. The quantitative estimate of drug-likeness (QED) is 0.393. The van der Waals surface area contributed by atoms with E-state index in [0.29, 0.717) is 5.69 Å². The SMILES string of the molecule is O=C(NC(c1ccccc1)c1ccccn1)c1cnc(-n2cccn2)[nH]c1=O.O=C(O)C(F)(F)F. The van der Waals surface area contributed by atoms with E-state index in [2.05, 4.69) is 25.4 Å². The second kappa shape index (κ2) is 10.9. The number of halogens is 3. The van der Waals surface area contributed by atoms with E-state index < -0.39 is 29.7 Å². The lowest BCUT2D eigenvalue weighted by Crippen LogP contribution is -2.34. The van der Waals surface area contributed by atoms with Gasteiger partial charge in [0.05, 0.1) is 11.7 Å². The second-order valence-electron chi connectivity index (χ2n) is 6.77. The van der Waals surface area contributed by atoms with Gasteiger partial charge in [-0.05, 0) is 23.8 Å². The average molecular weight is 486 g/mol. The molecule has 13 heteroatoms. The summed E-state index contributed by atoms with van der Waals surface area (Å²) in [7, 11) is 0. The Morgan fingerprint density at radius 2 is 1.69 bits per heavy atom. The molecule has 1 unspecified atom stereocenters. The van der Waals surface area contributed by atoms with Crippen molar-refractivity contribution in [1.29, 1.82) is 0 Å². The first-order valence-corrected chi connectivity index (χ1v) is 9.83. The van der Waals surface area contributed by atoms with E-state index in [4.69, 9.17) is 9.90 Å². The third-order valence-corrected chi connectivity index (χ3v) is 4.39. The van der Waals surface area contributed by atoms with Crippen molar-refractivity contribution in [3.05, 3.63) is 107 Å². The van der Waals surface area contributed by atoms with Crippen molar-refractivity contribution in [3.63, 3.8) is 0 Å². The number of alkyl halides is 3. The van der Waals surface area contributed by atoms with Crippen LogP contribution in [0.25, 0.3) is 5.95 Å². The number of hydrogen-bond donors (Lipinski definition) is 3. The Bertz CT molecular complexity index is 1290. The van der Waals surface area contributed by atoms with Gasteiger partial charge in [-0.2, -0.15) is 18.3 Å². The van der Waals surface area contributed by atoms with Crippen molar-refractivity contribution in [3.8, 4) is 5.95 Å². The van der Waals surface area contributed by atoms with Gasteiger partial charge in [-0.3, -0.25) is 19.6 Å². The Hall–Kier alpha value is -4.81. The maximum absolute atomic E-state index is 12.8. The summed E-state index contributed by atoms with van der Waals surface area (Å²) >= 11 is 0. The predicted molar refractivity (Wildman–Crippen MR) is 116 cm³/mol. The summed E-state index contributed by atoms with van der Waals surface area (Å²) < 4.78 is 33.1. The van der Waals surface area contributed by atoms with Crippen LogP contribution in [-0.4, -0.2) is 47.9 Å². The van der Waals surface area contributed by atoms with E-state index in [9.17, 15) is 22.8 Å². The molecule has 0 aliphatic heterocycles. The highest BCUT2D eigenvalue weighted by Gasteiger charge is 2.38. The topological polar surface area (TPSA) is 143 Å². The normalized spacial score (nSPS) is 11.6. The number of H-pyrrole nitrogens is 1. The van der Waals surface area contributed by atoms with Crippen LogP contribution in [0.15, 0.2) is 84.2 Å². The van der Waals surface area contributed by atoms with E-state index in [-0.39, 0.29) is 11.5 Å². The van der Waals surface area contributed by atoms with Crippen molar-refractivity contribution in [1.82, 2.24) is 30.0 Å². The maximum atomic E-state index is 12.8. The molecule has 1 aromatic carbocycles. The summed E-state index contributed by atoms with van der Waals surface area (Å²) in [5.74, 6) is -3.07. The number of hydrogen-bond acceptors (Lipinski definition) is 6. The van der Waals surface area contributed by atoms with Crippen molar-refractivity contribution in [2.24, 2.45) is 0 Å². The molecule has 1 atom stereocenters. The standard InChI is InChI=1S/C20H16N6O2.C2HF3O2/c27-18(15-13-22-20(25-19(15)28)26-12-6-11-23-26)24-17(14-7-2-1-3-8-14)16-9-4-5-10-21-16;3-2(4,5)1(6)7/h1-13,17H,(H,24,27)(H,22,25,28);(H,6,7).